The van der Waals surface area contributed by atoms with E-state index in [9.17, 15) is 4.21 Å². The second-order valence-electron chi connectivity index (χ2n) is 0.673. The Morgan fingerprint density at radius 2 is 1.71 bits per heavy atom. The van der Waals surface area contributed by atoms with Crippen LogP contribution in [0.15, 0.2) is 0 Å². The van der Waals surface area contributed by atoms with Gasteiger partial charge in [-0.15, -0.1) is 0 Å². The zero-order valence-electron chi connectivity index (χ0n) is 3.16. The maximum absolute atomic E-state index is 9.47. The summed E-state index contributed by atoms with van der Waals surface area (Å²) in [6.07, 6.45) is 0. The molecule has 0 aromatic rings. The summed E-state index contributed by atoms with van der Waals surface area (Å²) >= 11 is 0. The molecule has 0 heterocycles. The molecule has 42 valence electrons. The van der Waals surface area contributed by atoms with Crippen molar-refractivity contribution >= 4 is 40.3 Å². The topological polar surface area (TPSA) is 66.8 Å². The molecule has 6 heteroatoms. The van der Waals surface area contributed by atoms with Crippen molar-refractivity contribution in [3.8, 4) is 0 Å². The Hall–Kier alpha value is 1.03. The quantitative estimate of drug-likeness (QED) is 0.316. The van der Waals surface area contributed by atoms with Gasteiger partial charge in [-0.3, -0.25) is 13.3 Å². The minimum absolute atomic E-state index is 0. The van der Waals surface area contributed by atoms with Gasteiger partial charge in [-0.25, -0.2) is 4.21 Å². The Bertz CT molecular complexity index is 75.8. The fraction of sp³-hybridized carbons (Fsp3) is 1.00. The Morgan fingerprint density at radius 3 is 1.71 bits per heavy atom. The molecule has 0 radical (unpaired) electrons. The third-order valence-corrected chi connectivity index (χ3v) is 0.714. The molecule has 0 fully saturated rings. The van der Waals surface area contributed by atoms with Gasteiger partial charge < -0.3 is 0 Å². The Labute approximate surface area is 64.8 Å². The number of hydrogen-bond acceptors (Lipinski definition) is 2. The van der Waals surface area contributed by atoms with E-state index in [1.54, 1.807) is 0 Å². The van der Waals surface area contributed by atoms with Crippen LogP contribution in [0.4, 0.5) is 0 Å². The summed E-state index contributed by atoms with van der Waals surface area (Å²) in [6, 6.07) is 0. The molecule has 0 bridgehead atoms. The molecule has 0 saturated carbocycles. The van der Waals surface area contributed by atoms with E-state index in [0.717, 1.165) is 7.11 Å². The van der Waals surface area contributed by atoms with Gasteiger partial charge in [0.25, 0.3) is 0 Å². The van der Waals surface area contributed by atoms with Crippen LogP contribution in [0.2, 0.25) is 0 Å². The summed E-state index contributed by atoms with van der Waals surface area (Å²) in [6.45, 7) is 0. The molecule has 7 heavy (non-hydrogen) atoms. The van der Waals surface area contributed by atoms with Gasteiger partial charge in [-0.2, -0.15) is 0 Å². The summed E-state index contributed by atoms with van der Waals surface area (Å²) in [7, 11) is -3.20. The molecule has 2 N–H and O–H groups in total. The van der Waals surface area contributed by atoms with Crippen LogP contribution in [0.5, 0.6) is 0 Å². The second-order valence-corrected chi connectivity index (χ2v) is 2.02. The van der Waals surface area contributed by atoms with Crippen LogP contribution >= 0.6 is 0 Å². The minimum atomic E-state index is -4.15. The Morgan fingerprint density at radius 1 is 1.57 bits per heavy atom. The van der Waals surface area contributed by atoms with Crippen LogP contribution < -0.4 is 0 Å². The molecule has 0 amide bonds. The van der Waals surface area contributed by atoms with E-state index >= 15 is 0 Å². The molecule has 0 unspecified atom stereocenters. The number of rotatable bonds is 1. The van der Waals surface area contributed by atoms with Crippen molar-refractivity contribution < 1.29 is 17.5 Å². The summed E-state index contributed by atoms with van der Waals surface area (Å²) < 4.78 is 28.5. The fourth-order valence-electron chi connectivity index (χ4n) is 0. The van der Waals surface area contributed by atoms with E-state index in [0.29, 0.717) is 0 Å². The van der Waals surface area contributed by atoms with E-state index in [4.69, 9.17) is 9.11 Å². The van der Waals surface area contributed by atoms with Crippen molar-refractivity contribution in [1.82, 2.24) is 0 Å². The molecule has 0 rings (SSSR count). The van der Waals surface area contributed by atoms with E-state index in [1.807, 2.05) is 0 Å². The molecule has 0 aliphatic heterocycles. The SMILES string of the molecule is CO[SH](=O)(O)O.[NaH]. The van der Waals surface area contributed by atoms with E-state index in [-0.39, 0.29) is 29.6 Å². The van der Waals surface area contributed by atoms with Gasteiger partial charge in [0.05, 0.1) is 7.11 Å². The first-order valence-corrected chi connectivity index (χ1v) is 2.70. The van der Waals surface area contributed by atoms with Crippen molar-refractivity contribution in [2.45, 2.75) is 0 Å². The first kappa shape index (κ1) is 10.9. The van der Waals surface area contributed by atoms with Crippen LogP contribution in [0.3, 0.4) is 0 Å². The molecule has 4 nitrogen and oxygen atoms in total. The summed E-state index contributed by atoms with van der Waals surface area (Å²) in [5, 5.41) is 0. The monoisotopic (exact) mass is 138 g/mol. The second kappa shape index (κ2) is 3.96. The van der Waals surface area contributed by atoms with Crippen molar-refractivity contribution in [3.05, 3.63) is 0 Å². The summed E-state index contributed by atoms with van der Waals surface area (Å²) in [5.41, 5.74) is 0. The van der Waals surface area contributed by atoms with Gasteiger partial charge in [0.1, 0.15) is 0 Å². The predicted molar refractivity (Wildman–Crippen MR) is 29.0 cm³/mol. The first-order valence-electron chi connectivity index (χ1n) is 1.17. The van der Waals surface area contributed by atoms with Gasteiger partial charge in [0.15, 0.2) is 10.8 Å². The summed E-state index contributed by atoms with van der Waals surface area (Å²) in [5.74, 6) is 0. The van der Waals surface area contributed by atoms with E-state index in [1.165, 1.54) is 0 Å². The van der Waals surface area contributed by atoms with Gasteiger partial charge in [0, 0.05) is 0 Å². The number of hydrogen-bond donors (Lipinski definition) is 3. The average molecular weight is 138 g/mol. The maximum atomic E-state index is 9.47. The standard InChI is InChI=1S/CH6O4S.Na.H/c1-5-6(2,3)4;;/h6H,1H3,(H2,2,3,4);;. The molecule has 0 spiro atoms. The van der Waals surface area contributed by atoms with Gasteiger partial charge in [0.2, 0.25) is 0 Å². The molecule has 0 saturated heterocycles. The third-order valence-electron chi connectivity index (χ3n) is 0.238. The fourth-order valence-corrected chi connectivity index (χ4v) is 0. The normalized spacial score (nSPS) is 12.4. The zero-order valence-corrected chi connectivity index (χ0v) is 4.05. The van der Waals surface area contributed by atoms with Crippen molar-refractivity contribution in [2.24, 2.45) is 0 Å². The van der Waals surface area contributed by atoms with Crippen molar-refractivity contribution in [2.75, 3.05) is 7.11 Å². The zero-order chi connectivity index (χ0) is 5.21. The van der Waals surface area contributed by atoms with Crippen LogP contribution in [-0.4, -0.2) is 50.0 Å². The van der Waals surface area contributed by atoms with Crippen molar-refractivity contribution in [3.63, 3.8) is 0 Å². The van der Waals surface area contributed by atoms with Crippen LogP contribution in [0.1, 0.15) is 0 Å². The molecule has 0 aromatic heterocycles. The van der Waals surface area contributed by atoms with Gasteiger partial charge >= 0.3 is 29.6 Å². The molecule has 0 aliphatic carbocycles. The molecule has 0 aliphatic rings. The van der Waals surface area contributed by atoms with Gasteiger partial charge in [-0.05, 0) is 0 Å². The molecular weight excluding hydrogens is 131 g/mol. The summed E-state index contributed by atoms with van der Waals surface area (Å²) in [4.78, 5) is 0. The molecule has 0 aromatic carbocycles. The number of thiol groups is 1. The van der Waals surface area contributed by atoms with Crippen LogP contribution in [0.25, 0.3) is 0 Å². The Kier molecular flexibility index (Phi) is 6.18. The van der Waals surface area contributed by atoms with E-state index < -0.39 is 10.8 Å². The van der Waals surface area contributed by atoms with Crippen molar-refractivity contribution in [1.29, 1.82) is 0 Å². The first-order chi connectivity index (χ1) is 2.56. The molecular formula is CH7NaO4S. The van der Waals surface area contributed by atoms with E-state index in [2.05, 4.69) is 4.18 Å². The predicted octanol–water partition coefficient (Wildman–Crippen LogP) is -1.14. The third kappa shape index (κ3) is 11.0. The van der Waals surface area contributed by atoms with Crippen LogP contribution in [0, 0.1) is 0 Å². The Balaban J connectivity index is 0. The van der Waals surface area contributed by atoms with Crippen LogP contribution in [-0.2, 0) is 15.0 Å². The molecule has 0 atom stereocenters. The van der Waals surface area contributed by atoms with Gasteiger partial charge in [-0.1, -0.05) is 0 Å². The average Bonchev–Trinajstić information content (AvgIpc) is 1.35.